The van der Waals surface area contributed by atoms with Crippen molar-refractivity contribution in [1.29, 1.82) is 0 Å². The number of nitrogens with two attached hydrogens (primary N) is 1. The molecule has 10 heteroatoms. The summed E-state index contributed by atoms with van der Waals surface area (Å²) in [5, 5.41) is 2.59. The molecule has 0 saturated carbocycles. The highest BCUT2D eigenvalue weighted by molar-refractivity contribution is 9.15. The van der Waals surface area contributed by atoms with Gasteiger partial charge in [-0.05, 0) is 48.0 Å². The van der Waals surface area contributed by atoms with Crippen molar-refractivity contribution in [2.75, 3.05) is 30.8 Å². The molecule has 0 aromatic heterocycles. The molecule has 2 amide bonds. The molecule has 1 fully saturated rings. The Morgan fingerprint density at radius 2 is 2.03 bits per heavy atom. The van der Waals surface area contributed by atoms with Gasteiger partial charge in [0.2, 0.25) is 5.91 Å². The summed E-state index contributed by atoms with van der Waals surface area (Å²) in [6.07, 6.45) is 0.409. The Morgan fingerprint density at radius 1 is 1.31 bits per heavy atom. The summed E-state index contributed by atoms with van der Waals surface area (Å²) in [5.74, 6) is -1.33. The molecular formula is C22H21BrFN3O5. The predicted octanol–water partition coefficient (Wildman–Crippen LogP) is 3.55. The van der Waals surface area contributed by atoms with Crippen LogP contribution < -0.4 is 16.0 Å². The summed E-state index contributed by atoms with van der Waals surface area (Å²) in [7, 11) is 1.27. The molecular weight excluding hydrogens is 485 g/mol. The maximum Gasteiger partial charge on any atom is 0.414 e. The minimum absolute atomic E-state index is 0.182. The number of nitrogens with zero attached hydrogens (tertiary/aromatic N) is 1. The van der Waals surface area contributed by atoms with E-state index in [0.29, 0.717) is 21.4 Å². The Morgan fingerprint density at radius 3 is 2.69 bits per heavy atom. The largest absolute Gasteiger partial charge is 0.465 e. The van der Waals surface area contributed by atoms with Crippen LogP contribution in [0.25, 0.3) is 10.6 Å². The van der Waals surface area contributed by atoms with Crippen LogP contribution in [-0.4, -0.2) is 44.3 Å². The number of rotatable bonds is 6. The molecule has 2 aromatic carbocycles. The number of methoxy groups -OCH3 is 1. The zero-order chi connectivity index (χ0) is 23.4. The van der Waals surface area contributed by atoms with Crippen molar-refractivity contribution < 1.29 is 28.2 Å². The fraction of sp³-hybridized carbons (Fsp3) is 0.227. The van der Waals surface area contributed by atoms with Crippen molar-refractivity contribution in [3.63, 3.8) is 0 Å². The van der Waals surface area contributed by atoms with Crippen LogP contribution in [0.4, 0.5) is 20.6 Å². The molecule has 8 nitrogen and oxygen atoms in total. The highest BCUT2D eigenvalue weighted by atomic mass is 79.9. The van der Waals surface area contributed by atoms with Gasteiger partial charge in [-0.1, -0.05) is 15.9 Å². The van der Waals surface area contributed by atoms with Crippen molar-refractivity contribution >= 4 is 55.8 Å². The second-order valence-electron chi connectivity index (χ2n) is 7.09. The molecule has 0 bridgehead atoms. The summed E-state index contributed by atoms with van der Waals surface area (Å²) in [6.45, 7) is 1.74. The van der Waals surface area contributed by atoms with E-state index in [9.17, 15) is 18.8 Å². The number of cyclic esters (lactones) is 1. The van der Waals surface area contributed by atoms with Crippen molar-refractivity contribution in [1.82, 2.24) is 5.32 Å². The molecule has 3 rings (SSSR count). The first-order valence-electron chi connectivity index (χ1n) is 9.56. The molecule has 1 heterocycles. The monoisotopic (exact) mass is 505 g/mol. The van der Waals surface area contributed by atoms with Gasteiger partial charge in [0, 0.05) is 22.7 Å². The predicted molar refractivity (Wildman–Crippen MR) is 122 cm³/mol. The SMILES string of the molecule is COC(=O)c1cc(N)cc(C(Br)=Cc2ccc(N3C[C@H](CNC(C)=O)OC3=O)cc2F)c1. The number of carbonyl (C=O) groups excluding carboxylic acids is 3. The average Bonchev–Trinajstić information content (AvgIpc) is 3.13. The van der Waals surface area contributed by atoms with Crippen molar-refractivity contribution in [3.05, 3.63) is 58.9 Å². The molecule has 32 heavy (non-hydrogen) atoms. The zero-order valence-electron chi connectivity index (χ0n) is 17.4. The molecule has 168 valence electrons. The molecule has 1 aliphatic rings. The standard InChI is InChI=1S/C22H21BrFN3O5/c1-12(28)26-10-18-11-27(22(30)32-18)17-4-3-13(20(24)9-17)8-19(23)14-5-15(21(29)31-2)7-16(25)6-14/h3-9,18H,10-11,25H2,1-2H3,(H,26,28)/t18-/m0/s1. The zero-order valence-corrected chi connectivity index (χ0v) is 18.9. The number of nitrogen functional groups attached to an aromatic ring is 1. The second-order valence-corrected chi connectivity index (χ2v) is 7.94. The number of ether oxygens (including phenoxy) is 2. The summed E-state index contributed by atoms with van der Waals surface area (Å²) in [5.41, 5.74) is 7.64. The molecule has 2 aromatic rings. The van der Waals surface area contributed by atoms with E-state index < -0.39 is 24.0 Å². The van der Waals surface area contributed by atoms with Crippen LogP contribution in [-0.2, 0) is 14.3 Å². The van der Waals surface area contributed by atoms with E-state index in [1.165, 1.54) is 43.2 Å². The average molecular weight is 506 g/mol. The number of nitrogens with one attached hydrogen (secondary N) is 1. The van der Waals surface area contributed by atoms with E-state index in [4.69, 9.17) is 15.2 Å². The molecule has 0 radical (unpaired) electrons. The van der Waals surface area contributed by atoms with Gasteiger partial charge in [-0.2, -0.15) is 0 Å². The Balaban J connectivity index is 1.80. The fourth-order valence-corrected chi connectivity index (χ4v) is 3.62. The summed E-state index contributed by atoms with van der Waals surface area (Å²) < 4.78 is 25.2. The number of halogens is 2. The summed E-state index contributed by atoms with van der Waals surface area (Å²) in [6, 6.07) is 9.04. The molecule has 3 N–H and O–H groups in total. The fourth-order valence-electron chi connectivity index (χ4n) is 3.14. The number of hydrogen-bond donors (Lipinski definition) is 2. The van der Waals surface area contributed by atoms with E-state index >= 15 is 0 Å². The van der Waals surface area contributed by atoms with Gasteiger partial charge in [0.15, 0.2) is 0 Å². The number of hydrogen-bond acceptors (Lipinski definition) is 6. The van der Waals surface area contributed by atoms with Crippen LogP contribution >= 0.6 is 15.9 Å². The van der Waals surface area contributed by atoms with Crippen molar-refractivity contribution in [2.24, 2.45) is 0 Å². The van der Waals surface area contributed by atoms with Crippen LogP contribution in [0.2, 0.25) is 0 Å². The van der Waals surface area contributed by atoms with Gasteiger partial charge in [0.1, 0.15) is 11.9 Å². The molecule has 1 aliphatic heterocycles. The number of carbonyl (C=O) groups is 3. The minimum Gasteiger partial charge on any atom is -0.465 e. The van der Waals surface area contributed by atoms with Gasteiger partial charge in [-0.15, -0.1) is 0 Å². The third-order valence-electron chi connectivity index (χ3n) is 4.68. The number of benzene rings is 2. The highest BCUT2D eigenvalue weighted by Gasteiger charge is 2.32. The molecule has 1 saturated heterocycles. The number of anilines is 2. The Labute approximate surface area is 192 Å². The maximum atomic E-state index is 14.8. The molecule has 1 atom stereocenters. The smallest absolute Gasteiger partial charge is 0.414 e. The molecule has 0 aliphatic carbocycles. The first kappa shape index (κ1) is 23.3. The van der Waals surface area contributed by atoms with Crippen LogP contribution in [0.15, 0.2) is 36.4 Å². The lowest BCUT2D eigenvalue weighted by molar-refractivity contribution is -0.119. The molecule has 0 spiro atoms. The maximum absolute atomic E-state index is 14.8. The number of esters is 1. The Bertz CT molecular complexity index is 1100. The lowest BCUT2D eigenvalue weighted by atomic mass is 10.1. The van der Waals surface area contributed by atoms with Gasteiger partial charge >= 0.3 is 12.1 Å². The van der Waals surface area contributed by atoms with E-state index in [-0.39, 0.29) is 30.1 Å². The van der Waals surface area contributed by atoms with Gasteiger partial charge < -0.3 is 20.5 Å². The lowest BCUT2D eigenvalue weighted by Gasteiger charge is -2.14. The van der Waals surface area contributed by atoms with Crippen molar-refractivity contribution in [2.45, 2.75) is 13.0 Å². The van der Waals surface area contributed by atoms with Gasteiger partial charge in [0.25, 0.3) is 0 Å². The van der Waals surface area contributed by atoms with E-state index in [2.05, 4.69) is 21.2 Å². The summed E-state index contributed by atoms with van der Waals surface area (Å²) >= 11 is 3.40. The quantitative estimate of drug-likeness (QED) is 0.352. The van der Waals surface area contributed by atoms with Crippen molar-refractivity contribution in [3.8, 4) is 0 Å². The minimum atomic E-state index is -0.612. The van der Waals surface area contributed by atoms with Crippen LogP contribution in [0.5, 0.6) is 0 Å². The third kappa shape index (κ3) is 5.44. The van der Waals surface area contributed by atoms with Crippen LogP contribution in [0.1, 0.15) is 28.4 Å². The number of amides is 2. The Hall–Kier alpha value is -3.40. The van der Waals surface area contributed by atoms with Gasteiger partial charge in [0.05, 0.1) is 31.5 Å². The van der Waals surface area contributed by atoms with E-state index in [1.807, 2.05) is 0 Å². The highest BCUT2D eigenvalue weighted by Crippen LogP contribution is 2.30. The van der Waals surface area contributed by atoms with Crippen LogP contribution in [0.3, 0.4) is 0 Å². The first-order valence-corrected chi connectivity index (χ1v) is 10.4. The van der Waals surface area contributed by atoms with Crippen LogP contribution in [0, 0.1) is 5.82 Å². The second kappa shape index (κ2) is 9.82. The normalized spacial score (nSPS) is 16.0. The van der Waals surface area contributed by atoms with E-state index in [0.717, 1.165) is 0 Å². The molecule has 0 unspecified atom stereocenters. The lowest BCUT2D eigenvalue weighted by Crippen LogP contribution is -2.33. The van der Waals surface area contributed by atoms with Gasteiger partial charge in [-0.25, -0.2) is 14.0 Å². The topological polar surface area (TPSA) is 111 Å². The summed E-state index contributed by atoms with van der Waals surface area (Å²) in [4.78, 5) is 36.3. The van der Waals surface area contributed by atoms with E-state index in [1.54, 1.807) is 18.2 Å². The first-order chi connectivity index (χ1) is 15.2. The van der Waals surface area contributed by atoms with Gasteiger partial charge in [-0.3, -0.25) is 9.69 Å². The Kier molecular flexibility index (Phi) is 7.14. The third-order valence-corrected chi connectivity index (χ3v) is 5.37.